The lowest BCUT2D eigenvalue weighted by Crippen LogP contribution is -2.21. The monoisotopic (exact) mass is 146 g/mol. The summed E-state index contributed by atoms with van der Waals surface area (Å²) < 4.78 is 5.21. The molecular formula is C7H14OS. The maximum atomic E-state index is 5.21. The lowest BCUT2D eigenvalue weighted by Gasteiger charge is -2.24. The molecule has 1 fully saturated rings. The minimum Gasteiger partial charge on any atom is -0.381 e. The summed E-state index contributed by atoms with van der Waals surface area (Å²) in [6.45, 7) is 0. The Balaban J connectivity index is 2.23. The largest absolute Gasteiger partial charge is 0.381 e. The Kier molecular flexibility index (Phi) is 2.86. The van der Waals surface area contributed by atoms with E-state index < -0.39 is 0 Å². The Morgan fingerprint density at radius 1 is 1.44 bits per heavy atom. The first-order valence-corrected chi connectivity index (χ1v) is 4.05. The van der Waals surface area contributed by atoms with Crippen molar-refractivity contribution in [3.8, 4) is 0 Å². The minimum absolute atomic E-state index is 0.487. The molecule has 0 aromatic carbocycles. The van der Waals surface area contributed by atoms with Gasteiger partial charge in [-0.15, -0.1) is 0 Å². The first-order valence-electron chi connectivity index (χ1n) is 3.54. The van der Waals surface area contributed by atoms with Crippen LogP contribution in [-0.2, 0) is 4.74 Å². The molecule has 1 nitrogen and oxygen atoms in total. The highest BCUT2D eigenvalue weighted by Crippen LogP contribution is 2.23. The number of thiol groups is 1. The van der Waals surface area contributed by atoms with Gasteiger partial charge < -0.3 is 4.74 Å². The molecule has 2 atom stereocenters. The van der Waals surface area contributed by atoms with Gasteiger partial charge in [-0.25, -0.2) is 0 Å². The molecule has 0 N–H and O–H groups in total. The molecule has 1 aliphatic rings. The van der Waals surface area contributed by atoms with Gasteiger partial charge in [0.05, 0.1) is 6.10 Å². The summed E-state index contributed by atoms with van der Waals surface area (Å²) in [5.41, 5.74) is 0. The molecule has 0 aromatic rings. The SMILES string of the molecule is CO[C@H]1CCC[C@@H](S)C1. The maximum Gasteiger partial charge on any atom is 0.0581 e. The van der Waals surface area contributed by atoms with Crippen LogP contribution in [-0.4, -0.2) is 18.5 Å². The second-order valence-electron chi connectivity index (χ2n) is 2.68. The zero-order chi connectivity index (χ0) is 6.69. The summed E-state index contributed by atoms with van der Waals surface area (Å²) >= 11 is 4.39. The standard InChI is InChI=1S/C7H14OS/c1-8-6-3-2-4-7(9)5-6/h6-7,9H,2-5H2,1H3/t6-,7+/m0/s1. The van der Waals surface area contributed by atoms with E-state index in [9.17, 15) is 0 Å². The van der Waals surface area contributed by atoms with Crippen LogP contribution in [0.25, 0.3) is 0 Å². The molecule has 54 valence electrons. The van der Waals surface area contributed by atoms with E-state index in [0.29, 0.717) is 11.4 Å². The van der Waals surface area contributed by atoms with Crippen LogP contribution < -0.4 is 0 Å². The number of methoxy groups -OCH3 is 1. The quantitative estimate of drug-likeness (QED) is 0.556. The van der Waals surface area contributed by atoms with Gasteiger partial charge in [0.15, 0.2) is 0 Å². The number of rotatable bonds is 1. The molecule has 0 amide bonds. The van der Waals surface area contributed by atoms with Crippen molar-refractivity contribution in [1.82, 2.24) is 0 Å². The van der Waals surface area contributed by atoms with E-state index in [-0.39, 0.29) is 0 Å². The van der Waals surface area contributed by atoms with Gasteiger partial charge >= 0.3 is 0 Å². The first kappa shape index (κ1) is 7.42. The Hall–Kier alpha value is 0.310. The molecule has 9 heavy (non-hydrogen) atoms. The fraction of sp³-hybridized carbons (Fsp3) is 1.00. The zero-order valence-corrected chi connectivity index (χ0v) is 6.73. The van der Waals surface area contributed by atoms with E-state index in [2.05, 4.69) is 12.6 Å². The fourth-order valence-electron chi connectivity index (χ4n) is 1.33. The summed E-state index contributed by atoms with van der Waals surface area (Å²) in [4.78, 5) is 0. The van der Waals surface area contributed by atoms with Crippen LogP contribution in [0.4, 0.5) is 0 Å². The normalized spacial score (nSPS) is 36.7. The van der Waals surface area contributed by atoms with Gasteiger partial charge in [-0.05, 0) is 25.7 Å². The van der Waals surface area contributed by atoms with Gasteiger partial charge in [-0.1, -0.05) is 0 Å². The molecule has 1 rings (SSSR count). The second-order valence-corrected chi connectivity index (χ2v) is 3.41. The van der Waals surface area contributed by atoms with Crippen LogP contribution in [0.5, 0.6) is 0 Å². The molecule has 0 aliphatic heterocycles. The van der Waals surface area contributed by atoms with Gasteiger partial charge in [0.1, 0.15) is 0 Å². The number of ether oxygens (including phenoxy) is 1. The third-order valence-corrected chi connectivity index (χ3v) is 2.40. The molecule has 0 radical (unpaired) electrons. The second kappa shape index (κ2) is 3.47. The molecule has 0 bridgehead atoms. The van der Waals surface area contributed by atoms with E-state index in [0.717, 1.165) is 6.42 Å². The third kappa shape index (κ3) is 2.18. The van der Waals surface area contributed by atoms with Crippen molar-refractivity contribution in [1.29, 1.82) is 0 Å². The van der Waals surface area contributed by atoms with E-state index in [1.165, 1.54) is 19.3 Å². The van der Waals surface area contributed by atoms with Gasteiger partial charge in [-0.3, -0.25) is 0 Å². The predicted molar refractivity (Wildman–Crippen MR) is 42.0 cm³/mol. The minimum atomic E-state index is 0.487. The maximum absolute atomic E-state index is 5.21. The summed E-state index contributed by atoms with van der Waals surface area (Å²) in [6, 6.07) is 0. The average molecular weight is 146 g/mol. The van der Waals surface area contributed by atoms with Crippen LogP contribution in [0.3, 0.4) is 0 Å². The Morgan fingerprint density at radius 3 is 2.67 bits per heavy atom. The predicted octanol–water partition coefficient (Wildman–Crippen LogP) is 1.87. The lowest BCUT2D eigenvalue weighted by molar-refractivity contribution is 0.0732. The average Bonchev–Trinajstić information content (AvgIpc) is 1.88. The van der Waals surface area contributed by atoms with E-state index in [1.807, 2.05) is 0 Å². The molecule has 0 spiro atoms. The van der Waals surface area contributed by atoms with Crippen molar-refractivity contribution in [2.45, 2.75) is 37.0 Å². The van der Waals surface area contributed by atoms with Gasteiger partial charge in [0.25, 0.3) is 0 Å². The Morgan fingerprint density at radius 2 is 2.22 bits per heavy atom. The molecule has 2 heteroatoms. The van der Waals surface area contributed by atoms with E-state index in [4.69, 9.17) is 4.74 Å². The Bertz CT molecular complexity index is 85.0. The summed E-state index contributed by atoms with van der Waals surface area (Å²) in [5, 5.41) is 0.587. The molecule has 0 saturated heterocycles. The molecule has 1 saturated carbocycles. The van der Waals surface area contributed by atoms with E-state index >= 15 is 0 Å². The lowest BCUT2D eigenvalue weighted by atomic mass is 9.97. The molecule has 1 aliphatic carbocycles. The van der Waals surface area contributed by atoms with Crippen LogP contribution in [0.1, 0.15) is 25.7 Å². The smallest absolute Gasteiger partial charge is 0.0581 e. The van der Waals surface area contributed by atoms with Crippen LogP contribution >= 0.6 is 12.6 Å². The molecular weight excluding hydrogens is 132 g/mol. The van der Waals surface area contributed by atoms with Crippen molar-refractivity contribution in [3.05, 3.63) is 0 Å². The molecule has 0 heterocycles. The van der Waals surface area contributed by atoms with Gasteiger partial charge in [0.2, 0.25) is 0 Å². The molecule has 0 unspecified atom stereocenters. The highest BCUT2D eigenvalue weighted by atomic mass is 32.1. The summed E-state index contributed by atoms with van der Waals surface area (Å²) in [5.74, 6) is 0. The topological polar surface area (TPSA) is 9.23 Å². The van der Waals surface area contributed by atoms with Crippen LogP contribution in [0.15, 0.2) is 0 Å². The van der Waals surface area contributed by atoms with Crippen molar-refractivity contribution in [2.75, 3.05) is 7.11 Å². The third-order valence-electron chi connectivity index (χ3n) is 1.93. The van der Waals surface area contributed by atoms with Crippen molar-refractivity contribution in [3.63, 3.8) is 0 Å². The van der Waals surface area contributed by atoms with Gasteiger partial charge in [-0.2, -0.15) is 12.6 Å². The van der Waals surface area contributed by atoms with E-state index in [1.54, 1.807) is 7.11 Å². The molecule has 0 aromatic heterocycles. The van der Waals surface area contributed by atoms with Crippen LogP contribution in [0, 0.1) is 0 Å². The van der Waals surface area contributed by atoms with Crippen molar-refractivity contribution >= 4 is 12.6 Å². The highest BCUT2D eigenvalue weighted by Gasteiger charge is 2.17. The number of hydrogen-bond donors (Lipinski definition) is 1. The summed E-state index contributed by atoms with van der Waals surface area (Å²) in [7, 11) is 1.79. The van der Waals surface area contributed by atoms with Crippen molar-refractivity contribution in [2.24, 2.45) is 0 Å². The Labute approximate surface area is 62.2 Å². The number of hydrogen-bond acceptors (Lipinski definition) is 2. The van der Waals surface area contributed by atoms with Crippen LogP contribution in [0.2, 0.25) is 0 Å². The fourth-order valence-corrected chi connectivity index (χ4v) is 1.75. The zero-order valence-electron chi connectivity index (χ0n) is 5.84. The van der Waals surface area contributed by atoms with Gasteiger partial charge in [0, 0.05) is 12.4 Å². The summed E-state index contributed by atoms with van der Waals surface area (Å²) in [6.07, 6.45) is 5.41. The first-order chi connectivity index (χ1) is 4.33. The highest BCUT2D eigenvalue weighted by molar-refractivity contribution is 7.80. The van der Waals surface area contributed by atoms with Crippen molar-refractivity contribution < 1.29 is 4.74 Å².